The molecule has 0 aromatic rings. The molecule has 0 aromatic heterocycles. The molecule has 0 radical (unpaired) electrons. The molecule has 9 nitrogen and oxygen atoms in total. The molecule has 1 aliphatic rings. The van der Waals surface area contributed by atoms with Crippen LogP contribution < -0.4 is 4.89 Å². The molecule has 1 aliphatic heterocycles. The maximum Gasteiger partial charge on any atom is 0.306 e. The Balaban J connectivity index is 2.33. The quantitative estimate of drug-likeness (QED) is 0.0117. The van der Waals surface area contributed by atoms with Crippen molar-refractivity contribution in [1.29, 1.82) is 0 Å². The van der Waals surface area contributed by atoms with Crippen molar-refractivity contribution in [2.24, 2.45) is 0 Å². The van der Waals surface area contributed by atoms with Gasteiger partial charge in [0.25, 0.3) is 7.82 Å². The van der Waals surface area contributed by atoms with E-state index in [9.17, 15) is 14.3 Å². The van der Waals surface area contributed by atoms with Gasteiger partial charge in [-0.2, -0.15) is 0 Å². The van der Waals surface area contributed by atoms with Crippen LogP contribution in [0, 0.1) is 0 Å². The zero-order valence-electron chi connectivity index (χ0n) is 34.8. The van der Waals surface area contributed by atoms with Crippen LogP contribution in [0.4, 0.5) is 0 Å². The smallest absolute Gasteiger partial charge is 0.306 e. The lowest BCUT2D eigenvalue weighted by Crippen LogP contribution is -2.37. The third kappa shape index (κ3) is 33.5. The van der Waals surface area contributed by atoms with Crippen molar-refractivity contribution in [3.05, 3.63) is 60.8 Å². The molecule has 54 heavy (non-hydrogen) atoms. The number of rotatable bonds is 37. The molecule has 0 N–H and O–H groups in total. The number of phosphoric acid groups is 1. The highest BCUT2D eigenvalue weighted by Gasteiger charge is 2.35. The minimum absolute atomic E-state index is 0.00650. The molecule has 0 bridgehead atoms. The fraction of sp³-hybridized carbons (Fsp3) is 0.750. The number of carbonyl (C=O) groups excluding carboxylic acids is 1. The summed E-state index contributed by atoms with van der Waals surface area (Å²) >= 11 is 0. The van der Waals surface area contributed by atoms with Crippen LogP contribution in [-0.2, 0) is 32.6 Å². The second kappa shape index (κ2) is 33.3. The van der Waals surface area contributed by atoms with Gasteiger partial charge < -0.3 is 32.6 Å². The van der Waals surface area contributed by atoms with Crippen molar-refractivity contribution in [2.45, 2.75) is 161 Å². The lowest BCUT2D eigenvalue weighted by atomic mass is 10.0. The van der Waals surface area contributed by atoms with Gasteiger partial charge in [-0.3, -0.25) is 9.36 Å². The number of phosphoric ester groups is 1. The second-order valence-electron chi connectivity index (χ2n) is 15.4. The average Bonchev–Trinajstić information content (AvgIpc) is 3.87. The minimum atomic E-state index is -4.55. The highest BCUT2D eigenvalue weighted by molar-refractivity contribution is 7.45. The van der Waals surface area contributed by atoms with E-state index < -0.39 is 19.9 Å². The summed E-state index contributed by atoms with van der Waals surface area (Å²) in [6.45, 7) is 5.15. The predicted molar refractivity (Wildman–Crippen MR) is 221 cm³/mol. The number of ether oxygens (including phenoxy) is 3. The number of esters is 1. The number of carbonyl (C=O) groups is 1. The summed E-state index contributed by atoms with van der Waals surface area (Å²) in [5, 5.41) is 0. The molecule has 1 saturated heterocycles. The molecular formula is C44H78NO8P. The van der Waals surface area contributed by atoms with E-state index in [1.807, 2.05) is 51.5 Å². The van der Waals surface area contributed by atoms with Crippen LogP contribution >= 0.6 is 7.82 Å². The van der Waals surface area contributed by atoms with Gasteiger partial charge in [0, 0.05) is 13.0 Å². The summed E-state index contributed by atoms with van der Waals surface area (Å²) in [5.41, 5.74) is 0. The zero-order chi connectivity index (χ0) is 39.6. The fourth-order valence-electron chi connectivity index (χ4n) is 5.69. The summed E-state index contributed by atoms with van der Waals surface area (Å²) in [6, 6.07) is 0. The number of unbranched alkanes of at least 4 members (excludes halogenated alkanes) is 13. The SMILES string of the molecule is CC/C=C\C/C=C\C\C=C/C=C/C=C/C1OC1CCCC(=O)OC(COCCCCCCCCCCCCCCCC)COP(=O)([O-])OCC[N+](C)(C)C. The first kappa shape index (κ1) is 50.2. The number of nitrogens with zero attached hydrogens (tertiary/aromatic N) is 1. The van der Waals surface area contributed by atoms with Crippen LogP contribution in [0.25, 0.3) is 0 Å². The van der Waals surface area contributed by atoms with Crippen molar-refractivity contribution < 1.29 is 42.0 Å². The van der Waals surface area contributed by atoms with Crippen LogP contribution in [0.2, 0.25) is 0 Å². The van der Waals surface area contributed by atoms with Gasteiger partial charge in [0.2, 0.25) is 0 Å². The Hall–Kier alpha value is -1.84. The predicted octanol–water partition coefficient (Wildman–Crippen LogP) is 10.5. The van der Waals surface area contributed by atoms with Crippen LogP contribution in [0.15, 0.2) is 60.8 Å². The summed E-state index contributed by atoms with van der Waals surface area (Å²) in [4.78, 5) is 25.1. The van der Waals surface area contributed by atoms with Crippen molar-refractivity contribution >= 4 is 13.8 Å². The Kier molecular flexibility index (Phi) is 31.0. The molecule has 1 rings (SSSR count). The Labute approximate surface area is 330 Å². The van der Waals surface area contributed by atoms with Gasteiger partial charge in [0.15, 0.2) is 0 Å². The Morgan fingerprint density at radius 3 is 1.94 bits per heavy atom. The molecule has 0 saturated carbocycles. The topological polar surface area (TPSA) is 107 Å². The number of hydrogen-bond donors (Lipinski definition) is 0. The number of hydrogen-bond acceptors (Lipinski definition) is 8. The van der Waals surface area contributed by atoms with E-state index in [4.69, 9.17) is 23.3 Å². The fourth-order valence-corrected chi connectivity index (χ4v) is 6.42. The lowest BCUT2D eigenvalue weighted by molar-refractivity contribution is -0.870. The Morgan fingerprint density at radius 2 is 1.31 bits per heavy atom. The highest BCUT2D eigenvalue weighted by Crippen LogP contribution is 2.38. The first-order chi connectivity index (χ1) is 26.1. The number of quaternary nitrogens is 1. The van der Waals surface area contributed by atoms with Gasteiger partial charge in [0.05, 0.1) is 40.5 Å². The Morgan fingerprint density at radius 1 is 0.722 bits per heavy atom. The highest BCUT2D eigenvalue weighted by atomic mass is 31.2. The zero-order valence-corrected chi connectivity index (χ0v) is 35.7. The van der Waals surface area contributed by atoms with Gasteiger partial charge >= 0.3 is 5.97 Å². The van der Waals surface area contributed by atoms with Crippen LogP contribution in [0.1, 0.15) is 142 Å². The molecule has 1 heterocycles. The first-order valence-corrected chi connectivity index (χ1v) is 22.7. The van der Waals surface area contributed by atoms with E-state index in [0.29, 0.717) is 24.1 Å². The van der Waals surface area contributed by atoms with E-state index in [1.54, 1.807) is 0 Å². The van der Waals surface area contributed by atoms with E-state index in [0.717, 1.165) is 38.5 Å². The second-order valence-corrected chi connectivity index (χ2v) is 16.8. The molecule has 0 spiro atoms. The monoisotopic (exact) mass is 780 g/mol. The molecule has 312 valence electrons. The van der Waals surface area contributed by atoms with Crippen LogP contribution in [0.3, 0.4) is 0 Å². The van der Waals surface area contributed by atoms with Gasteiger partial charge in [-0.05, 0) is 38.5 Å². The van der Waals surface area contributed by atoms with Crippen LogP contribution in [0.5, 0.6) is 0 Å². The molecule has 4 unspecified atom stereocenters. The van der Waals surface area contributed by atoms with E-state index in [1.165, 1.54) is 77.0 Å². The summed E-state index contributed by atoms with van der Waals surface area (Å²) in [7, 11) is 1.29. The van der Waals surface area contributed by atoms with Gasteiger partial charge in [-0.1, -0.05) is 158 Å². The molecule has 0 aliphatic carbocycles. The standard InChI is InChI=1S/C44H78NO8P/c1-6-8-10-12-14-16-18-20-21-23-25-27-29-31-37-49-39-41(40-51-54(47,48)50-38-36-45(3,4)5)52-44(46)35-32-34-43-42(53-43)33-30-28-26-24-22-19-17-15-13-11-9-7-2/h9,11,15,17,22,24,26,28,30,33,41-43H,6-8,10,12-14,16,18-21,23,25,27,29,31-32,34-40H2,1-5H3/b11-9-,17-15-,24-22-,28-26+,33-30+. The molecule has 1 fully saturated rings. The van der Waals surface area contributed by atoms with Crippen molar-refractivity contribution in [1.82, 2.24) is 0 Å². The van der Waals surface area contributed by atoms with E-state index in [-0.39, 0.29) is 38.4 Å². The summed E-state index contributed by atoms with van der Waals surface area (Å²) < 4.78 is 40.3. The number of likely N-dealkylation sites (N-methyl/N-ethyl adjacent to an activating group) is 1. The van der Waals surface area contributed by atoms with Crippen molar-refractivity contribution in [2.75, 3.05) is 54.1 Å². The van der Waals surface area contributed by atoms with Gasteiger partial charge in [-0.25, -0.2) is 0 Å². The number of allylic oxidation sites excluding steroid dienone is 9. The van der Waals surface area contributed by atoms with E-state index >= 15 is 0 Å². The van der Waals surface area contributed by atoms with E-state index in [2.05, 4.69) is 44.2 Å². The third-order valence-electron chi connectivity index (χ3n) is 9.05. The molecule has 0 aromatic carbocycles. The lowest BCUT2D eigenvalue weighted by Gasteiger charge is -2.28. The molecule has 4 atom stereocenters. The maximum atomic E-state index is 12.7. The first-order valence-electron chi connectivity index (χ1n) is 21.2. The Bertz CT molecular complexity index is 1110. The largest absolute Gasteiger partial charge is 0.756 e. The molecule has 0 amide bonds. The molecular weight excluding hydrogens is 701 g/mol. The van der Waals surface area contributed by atoms with Crippen LogP contribution in [-0.4, -0.2) is 82.9 Å². The summed E-state index contributed by atoms with van der Waals surface area (Å²) in [6.07, 6.45) is 42.6. The number of epoxide rings is 1. The molecule has 10 heteroatoms. The van der Waals surface area contributed by atoms with Crippen molar-refractivity contribution in [3.63, 3.8) is 0 Å². The minimum Gasteiger partial charge on any atom is -0.756 e. The average molecular weight is 780 g/mol. The summed E-state index contributed by atoms with van der Waals surface area (Å²) in [5.74, 6) is -0.412. The van der Waals surface area contributed by atoms with Crippen molar-refractivity contribution in [3.8, 4) is 0 Å². The normalized spacial score (nSPS) is 18.2. The van der Waals surface area contributed by atoms with Gasteiger partial charge in [-0.15, -0.1) is 0 Å². The maximum absolute atomic E-state index is 12.7. The van der Waals surface area contributed by atoms with Gasteiger partial charge in [0.1, 0.15) is 25.4 Å². The third-order valence-corrected chi connectivity index (χ3v) is 10.0.